The summed E-state index contributed by atoms with van der Waals surface area (Å²) in [6, 6.07) is 4.07. The molecule has 1 fully saturated rings. The Morgan fingerprint density at radius 1 is 1.27 bits per heavy atom. The van der Waals surface area contributed by atoms with Crippen molar-refractivity contribution in [2.75, 3.05) is 7.05 Å². The van der Waals surface area contributed by atoms with Gasteiger partial charge in [-0.25, -0.2) is 0 Å². The summed E-state index contributed by atoms with van der Waals surface area (Å²) in [7, 11) is 1.57. The molecule has 1 amide bonds. The number of halogens is 2. The summed E-state index contributed by atoms with van der Waals surface area (Å²) in [5, 5.41) is 0. The van der Waals surface area contributed by atoms with Gasteiger partial charge in [0, 0.05) is 24.6 Å². The Morgan fingerprint density at radius 3 is 2.59 bits per heavy atom. The van der Waals surface area contributed by atoms with Crippen LogP contribution in [0.2, 0.25) is 0 Å². The van der Waals surface area contributed by atoms with Crippen LogP contribution >= 0.6 is 0 Å². The van der Waals surface area contributed by atoms with Crippen molar-refractivity contribution in [2.45, 2.75) is 45.3 Å². The van der Waals surface area contributed by atoms with Gasteiger partial charge in [0.25, 0.3) is 5.91 Å². The molecule has 0 aromatic heterocycles. The Balaban J connectivity index is 0.000000847. The Bertz CT molecular complexity index is 589. The summed E-state index contributed by atoms with van der Waals surface area (Å²) in [5.74, 6) is -0.574. The summed E-state index contributed by atoms with van der Waals surface area (Å²) >= 11 is 0. The van der Waals surface area contributed by atoms with Crippen LogP contribution in [0.15, 0.2) is 18.2 Å². The molecule has 6 heteroatoms. The third kappa shape index (κ3) is 2.69. The van der Waals surface area contributed by atoms with Crippen molar-refractivity contribution in [2.24, 2.45) is 0 Å². The number of carbonyl (C=O) groups is 2. The fourth-order valence-corrected chi connectivity index (χ4v) is 3.14. The highest BCUT2D eigenvalue weighted by atomic mass is 19.3. The van der Waals surface area contributed by atoms with Crippen LogP contribution in [-0.2, 0) is 4.79 Å². The van der Waals surface area contributed by atoms with Gasteiger partial charge >= 0.3 is 6.61 Å². The Hall–Kier alpha value is -1.98. The van der Waals surface area contributed by atoms with Crippen LogP contribution in [0.1, 0.15) is 48.5 Å². The Labute approximate surface area is 128 Å². The van der Waals surface area contributed by atoms with Crippen LogP contribution in [0.5, 0.6) is 5.75 Å². The third-order valence-corrected chi connectivity index (χ3v) is 4.04. The molecular weight excluding hydrogens is 292 g/mol. The fraction of sp³-hybridized carbons (Fsp3) is 0.500. The van der Waals surface area contributed by atoms with Crippen molar-refractivity contribution < 1.29 is 23.1 Å². The van der Waals surface area contributed by atoms with E-state index in [0.717, 1.165) is 0 Å². The maximum Gasteiger partial charge on any atom is 0.387 e. The first-order chi connectivity index (χ1) is 10.5. The molecule has 4 nitrogen and oxygen atoms in total. The van der Waals surface area contributed by atoms with E-state index < -0.39 is 12.7 Å². The smallest absolute Gasteiger partial charge is 0.387 e. The topological polar surface area (TPSA) is 46.6 Å². The maximum absolute atomic E-state index is 12.5. The summed E-state index contributed by atoms with van der Waals surface area (Å²) in [6.45, 7) is 1.05. The van der Waals surface area contributed by atoms with Crippen LogP contribution in [-0.4, -0.2) is 36.3 Å². The molecule has 3 rings (SSSR count). The molecule has 1 aliphatic heterocycles. The SMILES string of the molecule is CC.CN1C(=O)c2cccc(OC(F)F)c2C2CC(=O)C1C2. The molecule has 0 spiro atoms. The monoisotopic (exact) mass is 311 g/mol. The van der Waals surface area contributed by atoms with Crippen molar-refractivity contribution in [3.05, 3.63) is 29.3 Å². The van der Waals surface area contributed by atoms with Gasteiger partial charge in [0.15, 0.2) is 5.78 Å². The molecule has 2 unspecified atom stereocenters. The van der Waals surface area contributed by atoms with Crippen LogP contribution in [0, 0.1) is 0 Å². The molecule has 1 aromatic carbocycles. The van der Waals surface area contributed by atoms with Gasteiger partial charge in [-0.2, -0.15) is 8.78 Å². The molecule has 1 heterocycles. The highest BCUT2D eigenvalue weighted by Crippen LogP contribution is 2.44. The van der Waals surface area contributed by atoms with E-state index in [2.05, 4.69) is 4.74 Å². The first-order valence-electron chi connectivity index (χ1n) is 7.36. The standard InChI is InChI=1S/C14H13F2NO3.C2H6/c1-17-9-5-7(6-10(9)18)12-8(13(17)19)3-2-4-11(12)20-14(15)16;1-2/h2-4,7,9,14H,5-6H2,1H3;1-2H3. The first kappa shape index (κ1) is 16.4. The quantitative estimate of drug-likeness (QED) is 0.842. The molecule has 0 radical (unpaired) electrons. The zero-order valence-corrected chi connectivity index (χ0v) is 12.8. The molecule has 2 bridgehead atoms. The Morgan fingerprint density at radius 2 is 1.95 bits per heavy atom. The maximum atomic E-state index is 12.5. The normalized spacial score (nSPS) is 22.9. The van der Waals surface area contributed by atoms with Crippen molar-refractivity contribution in [1.29, 1.82) is 0 Å². The molecule has 120 valence electrons. The minimum absolute atomic E-state index is 0.000370. The third-order valence-electron chi connectivity index (χ3n) is 4.04. The van der Waals surface area contributed by atoms with E-state index in [0.29, 0.717) is 17.5 Å². The van der Waals surface area contributed by atoms with Crippen LogP contribution in [0.3, 0.4) is 0 Å². The molecule has 0 saturated heterocycles. The number of rotatable bonds is 2. The molecule has 0 N–H and O–H groups in total. The van der Waals surface area contributed by atoms with Crippen LogP contribution in [0.25, 0.3) is 0 Å². The zero-order valence-electron chi connectivity index (χ0n) is 12.8. The lowest BCUT2D eigenvalue weighted by atomic mass is 9.92. The van der Waals surface area contributed by atoms with Gasteiger partial charge in [0.1, 0.15) is 5.75 Å². The zero-order chi connectivity index (χ0) is 16.4. The van der Waals surface area contributed by atoms with E-state index in [9.17, 15) is 18.4 Å². The predicted octanol–water partition coefficient (Wildman–Crippen LogP) is 3.21. The molecule has 1 saturated carbocycles. The molecule has 2 atom stereocenters. The summed E-state index contributed by atoms with van der Waals surface area (Å²) in [4.78, 5) is 25.7. The molecule has 2 aliphatic rings. The second kappa shape index (κ2) is 6.42. The van der Waals surface area contributed by atoms with Crippen molar-refractivity contribution >= 4 is 11.7 Å². The van der Waals surface area contributed by atoms with E-state index >= 15 is 0 Å². The summed E-state index contributed by atoms with van der Waals surface area (Å²) in [5.41, 5.74) is 0.795. The lowest BCUT2D eigenvalue weighted by molar-refractivity contribution is -0.121. The lowest BCUT2D eigenvalue weighted by Crippen LogP contribution is -2.39. The first-order valence-corrected chi connectivity index (χ1v) is 7.36. The van der Waals surface area contributed by atoms with Crippen LogP contribution in [0.4, 0.5) is 8.78 Å². The van der Waals surface area contributed by atoms with Gasteiger partial charge in [0.2, 0.25) is 0 Å². The fourth-order valence-electron chi connectivity index (χ4n) is 3.14. The average Bonchev–Trinajstić information content (AvgIpc) is 2.84. The van der Waals surface area contributed by atoms with E-state index in [-0.39, 0.29) is 29.8 Å². The number of Topliss-reactive ketones (excluding diaryl/α,β-unsaturated/α-hetero) is 1. The van der Waals surface area contributed by atoms with Crippen molar-refractivity contribution in [3.63, 3.8) is 0 Å². The number of benzene rings is 1. The predicted molar refractivity (Wildman–Crippen MR) is 77.3 cm³/mol. The number of amides is 1. The van der Waals surface area contributed by atoms with Gasteiger partial charge in [0.05, 0.1) is 6.04 Å². The summed E-state index contributed by atoms with van der Waals surface area (Å²) < 4.78 is 29.5. The van der Waals surface area contributed by atoms with Crippen molar-refractivity contribution in [1.82, 2.24) is 4.90 Å². The van der Waals surface area contributed by atoms with Gasteiger partial charge < -0.3 is 9.64 Å². The number of likely N-dealkylation sites (N-methyl/N-ethyl adjacent to an activating group) is 1. The number of alkyl halides is 2. The van der Waals surface area contributed by atoms with Gasteiger partial charge in [-0.15, -0.1) is 0 Å². The van der Waals surface area contributed by atoms with Gasteiger partial charge in [-0.05, 0) is 24.5 Å². The Kier molecular flexibility index (Phi) is 4.78. The molecule has 22 heavy (non-hydrogen) atoms. The number of fused-ring (bicyclic) bond motifs is 4. The van der Waals surface area contributed by atoms with Gasteiger partial charge in [-0.3, -0.25) is 9.59 Å². The molecular formula is C16H19F2NO3. The van der Waals surface area contributed by atoms with E-state index in [1.54, 1.807) is 13.1 Å². The van der Waals surface area contributed by atoms with E-state index in [1.807, 2.05) is 13.8 Å². The highest BCUT2D eigenvalue weighted by molar-refractivity contribution is 6.02. The minimum Gasteiger partial charge on any atom is -0.435 e. The van der Waals surface area contributed by atoms with E-state index in [4.69, 9.17) is 0 Å². The number of ether oxygens (including phenoxy) is 1. The second-order valence-corrected chi connectivity index (χ2v) is 5.13. The number of ketones is 1. The lowest BCUT2D eigenvalue weighted by Gasteiger charge is -2.23. The molecule has 1 aliphatic carbocycles. The highest BCUT2D eigenvalue weighted by Gasteiger charge is 2.44. The van der Waals surface area contributed by atoms with Crippen LogP contribution < -0.4 is 4.74 Å². The second-order valence-electron chi connectivity index (χ2n) is 5.13. The van der Waals surface area contributed by atoms with E-state index in [1.165, 1.54) is 17.0 Å². The van der Waals surface area contributed by atoms with Gasteiger partial charge in [-0.1, -0.05) is 19.9 Å². The largest absolute Gasteiger partial charge is 0.435 e. The summed E-state index contributed by atoms with van der Waals surface area (Å²) in [6.07, 6.45) is 0.733. The number of hydrogen-bond donors (Lipinski definition) is 0. The number of hydrogen-bond acceptors (Lipinski definition) is 3. The minimum atomic E-state index is -2.95. The molecule has 1 aromatic rings. The van der Waals surface area contributed by atoms with Crippen molar-refractivity contribution in [3.8, 4) is 5.75 Å². The number of carbonyl (C=O) groups excluding carboxylic acids is 2. The number of nitrogens with zero attached hydrogens (tertiary/aromatic N) is 1. The average molecular weight is 311 g/mol.